The number of nitrogens with zero attached hydrogens (tertiary/aromatic N) is 2. The summed E-state index contributed by atoms with van der Waals surface area (Å²) in [5.74, 6) is 3.45. The Balaban J connectivity index is 1.26. The van der Waals surface area contributed by atoms with Gasteiger partial charge < -0.3 is 38.9 Å². The number of alkyl carbamates (subject to hydrolysis) is 1. The van der Waals surface area contributed by atoms with E-state index in [0.29, 0.717) is 42.7 Å². The highest BCUT2D eigenvalue weighted by Gasteiger charge is 2.43. The number of rotatable bonds is 11. The van der Waals surface area contributed by atoms with Gasteiger partial charge in [0.25, 0.3) is 0 Å². The molecule has 3 aliphatic rings. The molecule has 11 heteroatoms. The minimum atomic E-state index is -0.857. The minimum Gasteiger partial charge on any atom is -0.493 e. The largest absolute Gasteiger partial charge is 0.493 e. The van der Waals surface area contributed by atoms with E-state index in [-0.39, 0.29) is 18.0 Å². The van der Waals surface area contributed by atoms with Crippen LogP contribution in [0.5, 0.6) is 23.0 Å². The number of ether oxygens (including phenoxy) is 5. The monoisotopic (exact) mass is 766 g/mol. The number of carbonyl (C=O) groups is 2. The lowest BCUT2D eigenvalue weighted by atomic mass is 9.72. The number of benzene rings is 3. The van der Waals surface area contributed by atoms with Gasteiger partial charge in [0.05, 0.1) is 34.5 Å². The Hall–Kier alpha value is -4.90. The first-order chi connectivity index (χ1) is 26.9. The second kappa shape index (κ2) is 16.3. The Labute approximate surface area is 331 Å². The molecule has 2 N–H and O–H groups in total. The number of hydrogen-bond donors (Lipinski definition) is 2. The number of aromatic amines is 1. The summed E-state index contributed by atoms with van der Waals surface area (Å²) in [6.45, 7) is 10.3. The van der Waals surface area contributed by atoms with E-state index in [1.54, 1.807) is 28.4 Å². The lowest BCUT2D eigenvalue weighted by molar-refractivity contribution is -0.137. The van der Waals surface area contributed by atoms with Crippen LogP contribution in [0.25, 0.3) is 10.9 Å². The molecule has 0 unspecified atom stereocenters. The molecule has 11 nitrogen and oxygen atoms in total. The smallest absolute Gasteiger partial charge is 0.408 e. The Morgan fingerprint density at radius 1 is 0.857 bits per heavy atom. The predicted octanol–water partition coefficient (Wildman–Crippen LogP) is 7.80. The van der Waals surface area contributed by atoms with Crippen LogP contribution in [0.4, 0.5) is 4.79 Å². The van der Waals surface area contributed by atoms with Crippen LogP contribution in [-0.2, 0) is 28.8 Å². The predicted molar refractivity (Wildman–Crippen MR) is 217 cm³/mol. The number of piperidine rings is 1. The highest BCUT2D eigenvalue weighted by atomic mass is 16.6. The molecule has 0 spiro atoms. The van der Waals surface area contributed by atoms with Crippen molar-refractivity contribution in [3.05, 3.63) is 82.5 Å². The third-order valence-corrected chi connectivity index (χ3v) is 12.2. The molecule has 3 aliphatic heterocycles. The van der Waals surface area contributed by atoms with E-state index in [4.69, 9.17) is 23.7 Å². The highest BCUT2D eigenvalue weighted by molar-refractivity contribution is 5.89. The quantitative estimate of drug-likeness (QED) is 0.159. The maximum absolute atomic E-state index is 15.2. The molecule has 4 aromatic rings. The first-order valence-corrected chi connectivity index (χ1v) is 20.0. The van der Waals surface area contributed by atoms with E-state index in [0.717, 1.165) is 77.9 Å². The van der Waals surface area contributed by atoms with E-state index in [1.165, 1.54) is 11.1 Å². The maximum Gasteiger partial charge on any atom is 0.408 e. The molecule has 3 aromatic carbocycles. The number of para-hydroxylation sites is 1. The van der Waals surface area contributed by atoms with Gasteiger partial charge in [-0.25, -0.2) is 4.79 Å². The number of H-pyrrole nitrogens is 1. The third kappa shape index (κ3) is 7.88. The van der Waals surface area contributed by atoms with Crippen molar-refractivity contribution in [1.82, 2.24) is 20.1 Å². The Morgan fingerprint density at radius 2 is 1.48 bits per heavy atom. The van der Waals surface area contributed by atoms with E-state index < -0.39 is 17.7 Å². The van der Waals surface area contributed by atoms with Crippen molar-refractivity contribution in [2.45, 2.75) is 89.9 Å². The summed E-state index contributed by atoms with van der Waals surface area (Å²) in [5.41, 5.74) is 6.04. The molecule has 7 rings (SSSR count). The van der Waals surface area contributed by atoms with Crippen LogP contribution in [-0.4, -0.2) is 86.5 Å². The summed E-state index contributed by atoms with van der Waals surface area (Å²) in [6.07, 6.45) is 6.02. The molecule has 2 amide bonds. The number of aromatic nitrogens is 1. The van der Waals surface area contributed by atoms with Crippen LogP contribution in [0.1, 0.15) is 86.9 Å². The zero-order valence-electron chi connectivity index (χ0n) is 34.2. The van der Waals surface area contributed by atoms with E-state index in [1.807, 2.05) is 56.1 Å². The Bertz CT molecular complexity index is 2050. The van der Waals surface area contributed by atoms with Gasteiger partial charge in [-0.1, -0.05) is 31.5 Å². The van der Waals surface area contributed by atoms with Gasteiger partial charge in [0.2, 0.25) is 5.91 Å². The molecule has 1 fully saturated rings. The van der Waals surface area contributed by atoms with Crippen molar-refractivity contribution in [1.29, 1.82) is 0 Å². The molecule has 0 aliphatic carbocycles. The van der Waals surface area contributed by atoms with Crippen LogP contribution in [0.15, 0.2) is 54.7 Å². The van der Waals surface area contributed by atoms with Crippen LogP contribution >= 0.6 is 0 Å². The number of nitrogens with one attached hydrogen (secondary N) is 2. The Kier molecular flexibility index (Phi) is 11.4. The molecule has 4 heterocycles. The lowest BCUT2D eigenvalue weighted by Gasteiger charge is -2.49. The number of amides is 2. The second-order valence-corrected chi connectivity index (χ2v) is 16.5. The molecule has 0 saturated carbocycles. The zero-order chi connectivity index (χ0) is 39.7. The fourth-order valence-electron chi connectivity index (χ4n) is 9.46. The van der Waals surface area contributed by atoms with Crippen molar-refractivity contribution in [2.24, 2.45) is 11.8 Å². The second-order valence-electron chi connectivity index (χ2n) is 16.5. The summed E-state index contributed by atoms with van der Waals surface area (Å²) >= 11 is 0. The summed E-state index contributed by atoms with van der Waals surface area (Å²) in [5, 5.41) is 4.03. The molecule has 300 valence electrons. The Morgan fingerprint density at radius 3 is 2.14 bits per heavy atom. The molecular weight excluding hydrogens is 709 g/mol. The maximum atomic E-state index is 15.2. The van der Waals surface area contributed by atoms with Gasteiger partial charge >= 0.3 is 6.09 Å². The summed E-state index contributed by atoms with van der Waals surface area (Å²) in [6, 6.07) is 15.6. The molecule has 1 saturated heterocycles. The standard InChI is InChI=1S/C45H58N4O7/c1-9-27-26-48-16-14-28-21-39(52-5)41(54-7)23-33(28)37(48)19-30(27)20-38-34-24-42(55-8)40(53-6)22-29(34)15-17-49(38)43(50)36(47-44(51)56-45(2,3)4)18-31-25-46-35-13-11-10-12-32(31)35/h10-13,21-25,27,30,36-38,46H,9,14-20,26H2,1-8H3,(H,47,51)/t27-,30+,36+,37-,38+/m0/s1. The van der Waals surface area contributed by atoms with Crippen molar-refractivity contribution in [3.63, 3.8) is 0 Å². The van der Waals surface area contributed by atoms with Gasteiger partial charge in [0, 0.05) is 49.2 Å². The summed E-state index contributed by atoms with van der Waals surface area (Å²) in [7, 11) is 6.69. The molecular formula is C45H58N4O7. The van der Waals surface area contributed by atoms with Crippen LogP contribution in [0, 0.1) is 11.8 Å². The van der Waals surface area contributed by atoms with E-state index in [2.05, 4.69) is 46.4 Å². The van der Waals surface area contributed by atoms with Crippen molar-refractivity contribution < 1.29 is 33.3 Å². The summed E-state index contributed by atoms with van der Waals surface area (Å²) < 4.78 is 28.8. The first-order valence-electron chi connectivity index (χ1n) is 20.0. The van der Waals surface area contributed by atoms with E-state index in [9.17, 15) is 4.79 Å². The lowest BCUT2D eigenvalue weighted by Crippen LogP contribution is -2.53. The van der Waals surface area contributed by atoms with E-state index >= 15 is 4.79 Å². The number of methoxy groups -OCH3 is 4. The fourth-order valence-corrected chi connectivity index (χ4v) is 9.46. The van der Waals surface area contributed by atoms with Gasteiger partial charge in [0.15, 0.2) is 23.0 Å². The number of fused-ring (bicyclic) bond motifs is 5. The average Bonchev–Trinajstić information content (AvgIpc) is 3.60. The minimum absolute atomic E-state index is 0.128. The topological polar surface area (TPSA) is 115 Å². The molecule has 1 aromatic heterocycles. The highest BCUT2D eigenvalue weighted by Crippen LogP contribution is 2.49. The van der Waals surface area contributed by atoms with Gasteiger partial charge in [-0.3, -0.25) is 9.69 Å². The van der Waals surface area contributed by atoms with Gasteiger partial charge in [0.1, 0.15) is 11.6 Å². The van der Waals surface area contributed by atoms with Crippen LogP contribution in [0.2, 0.25) is 0 Å². The number of hydrogen-bond acceptors (Lipinski definition) is 8. The zero-order valence-corrected chi connectivity index (χ0v) is 34.2. The average molecular weight is 767 g/mol. The molecule has 0 bridgehead atoms. The molecule has 56 heavy (non-hydrogen) atoms. The van der Waals surface area contributed by atoms with Crippen molar-refractivity contribution in [3.8, 4) is 23.0 Å². The third-order valence-electron chi connectivity index (χ3n) is 12.2. The first kappa shape index (κ1) is 39.3. The van der Waals surface area contributed by atoms with Crippen LogP contribution < -0.4 is 24.3 Å². The molecule has 5 atom stereocenters. The number of carbonyl (C=O) groups excluding carboxylic acids is 2. The van der Waals surface area contributed by atoms with Gasteiger partial charge in [-0.2, -0.15) is 0 Å². The van der Waals surface area contributed by atoms with Gasteiger partial charge in [-0.15, -0.1) is 0 Å². The van der Waals surface area contributed by atoms with Crippen molar-refractivity contribution >= 4 is 22.9 Å². The summed E-state index contributed by atoms with van der Waals surface area (Å²) in [4.78, 5) is 36.7. The van der Waals surface area contributed by atoms with Crippen molar-refractivity contribution in [2.75, 3.05) is 48.1 Å². The normalized spacial score (nSPS) is 21.3. The SMILES string of the molecule is CC[C@H]1CN2CCc3cc(OC)c(OC)cc3[C@@H]2C[C@@H]1C[C@@H]1c2cc(OC)c(OC)cc2CCN1C(=O)[C@@H](Cc1c[nH]c2ccccc12)NC(=O)OC(C)(C)C. The molecule has 0 radical (unpaired) electrons. The fraction of sp³-hybridized carbons (Fsp3) is 0.511. The van der Waals surface area contributed by atoms with Crippen LogP contribution in [0.3, 0.4) is 0 Å². The van der Waals surface area contributed by atoms with Gasteiger partial charge in [-0.05, 0) is 116 Å².